The Bertz CT molecular complexity index is 305. The molecule has 15 heavy (non-hydrogen) atoms. The van der Waals surface area contributed by atoms with Crippen LogP contribution in [0.1, 0.15) is 34.6 Å². The predicted molar refractivity (Wildman–Crippen MR) is 63.2 cm³/mol. The van der Waals surface area contributed by atoms with E-state index in [4.69, 9.17) is 0 Å². The number of allylic oxidation sites excluding steroid dienone is 2. The Balaban J connectivity index is 0.00000196. The minimum Gasteiger partial charge on any atom is -0.319 e. The first-order valence-corrected chi connectivity index (χ1v) is 5.32. The molecule has 2 heteroatoms. The molecule has 0 saturated heterocycles. The van der Waals surface area contributed by atoms with Gasteiger partial charge in [0.15, 0.2) is 0 Å². The first kappa shape index (κ1) is 15.3. The van der Waals surface area contributed by atoms with Crippen molar-refractivity contribution in [2.24, 2.45) is 0 Å². The van der Waals surface area contributed by atoms with Gasteiger partial charge in [0, 0.05) is 0 Å². The van der Waals surface area contributed by atoms with E-state index in [1.165, 1.54) is 22.3 Å². The van der Waals surface area contributed by atoms with E-state index >= 15 is 0 Å². The van der Waals surface area contributed by atoms with E-state index in [0.29, 0.717) is 0 Å². The Labute approximate surface area is 114 Å². The van der Waals surface area contributed by atoms with Crippen LogP contribution < -0.4 is 0 Å². The number of quaternary nitrogens is 1. The normalized spacial score (nSPS) is 20.8. The van der Waals surface area contributed by atoms with Crippen LogP contribution in [0.5, 0.6) is 0 Å². The van der Waals surface area contributed by atoms with Crippen LogP contribution in [0.3, 0.4) is 0 Å². The smallest absolute Gasteiger partial charge is 0.319 e. The number of likely N-dealkylation sites (N-methyl/N-ethyl adjacent to an activating group) is 1. The van der Waals surface area contributed by atoms with Crippen LogP contribution in [-0.2, 0) is 26.2 Å². The molecule has 80 valence electrons. The summed E-state index contributed by atoms with van der Waals surface area (Å²) < 4.78 is 0.972. The Hall–Kier alpha value is 0.323. The predicted octanol–water partition coefficient (Wildman–Crippen LogP) is 3.14. The van der Waals surface area contributed by atoms with E-state index < -0.39 is 0 Å². The summed E-state index contributed by atoms with van der Waals surface area (Å²) in [6.45, 7) is 11.4. The van der Waals surface area contributed by atoms with Gasteiger partial charge >= 0.3 is 26.2 Å². The zero-order valence-electron chi connectivity index (χ0n) is 11.4. The molecule has 0 aliphatic heterocycles. The van der Waals surface area contributed by atoms with Crippen molar-refractivity contribution >= 4 is 0 Å². The summed E-state index contributed by atoms with van der Waals surface area (Å²) in [5.74, 6) is 0. The summed E-state index contributed by atoms with van der Waals surface area (Å²) in [5, 5.41) is 0. The molecule has 0 aromatic carbocycles. The first-order valence-electron chi connectivity index (χ1n) is 5.32. The summed E-state index contributed by atoms with van der Waals surface area (Å²) in [6.07, 6.45) is 0. The van der Waals surface area contributed by atoms with Crippen molar-refractivity contribution in [3.63, 3.8) is 0 Å². The molecule has 0 aromatic rings. The Morgan fingerprint density at radius 1 is 0.800 bits per heavy atom. The van der Waals surface area contributed by atoms with Crippen LogP contribution in [0.2, 0.25) is 0 Å². The monoisotopic (exact) mass is 284 g/mol. The van der Waals surface area contributed by atoms with Crippen molar-refractivity contribution in [1.29, 1.82) is 0 Å². The van der Waals surface area contributed by atoms with Gasteiger partial charge in [0.2, 0.25) is 0 Å². The van der Waals surface area contributed by atoms with Gasteiger partial charge in [-0.25, -0.2) is 0 Å². The molecule has 0 fully saturated rings. The van der Waals surface area contributed by atoms with Crippen molar-refractivity contribution in [1.82, 2.24) is 0 Å². The Morgan fingerprint density at radius 3 is 1.20 bits per heavy atom. The van der Waals surface area contributed by atoms with E-state index in [0.717, 1.165) is 4.48 Å². The maximum atomic E-state index is 2.36. The quantitative estimate of drug-likeness (QED) is 0.649. The largest absolute Gasteiger partial charge is 4.00 e. The third-order valence-corrected chi connectivity index (χ3v) is 4.49. The van der Waals surface area contributed by atoms with Gasteiger partial charge in [0.1, 0.15) is 5.54 Å². The van der Waals surface area contributed by atoms with Gasteiger partial charge in [-0.1, -0.05) is 0 Å². The van der Waals surface area contributed by atoms with Crippen molar-refractivity contribution in [2.75, 3.05) is 21.1 Å². The van der Waals surface area contributed by atoms with Crippen LogP contribution in [0.4, 0.5) is 0 Å². The molecule has 0 amide bonds. The zero-order chi connectivity index (χ0) is 11.3. The first-order chi connectivity index (χ1) is 6.14. The topological polar surface area (TPSA) is 0 Å². The molecular weight excluding hydrogens is 261 g/mol. The van der Waals surface area contributed by atoms with Gasteiger partial charge < -0.3 is 4.48 Å². The molecule has 1 rings (SSSR count). The van der Waals surface area contributed by atoms with Crippen LogP contribution in [-0.4, -0.2) is 31.2 Å². The molecule has 0 radical (unpaired) electrons. The second-order valence-electron chi connectivity index (χ2n) is 5.58. The van der Waals surface area contributed by atoms with Gasteiger partial charge in [-0.05, 0) is 56.9 Å². The van der Waals surface area contributed by atoms with Crippen LogP contribution in [0, 0.1) is 0 Å². The number of nitrogens with zero attached hydrogens (tertiary/aromatic N) is 1. The summed E-state index contributed by atoms with van der Waals surface area (Å²) in [4.78, 5) is 0. The third-order valence-electron chi connectivity index (χ3n) is 4.49. The molecule has 0 heterocycles. The molecule has 1 aliphatic carbocycles. The molecule has 0 bridgehead atoms. The fraction of sp³-hybridized carbons (Fsp3) is 0.692. The average Bonchev–Trinajstić information content (AvgIpc) is 2.21. The molecule has 0 saturated carbocycles. The molecule has 0 spiro atoms. The van der Waals surface area contributed by atoms with E-state index in [2.05, 4.69) is 55.8 Å². The maximum Gasteiger partial charge on any atom is 4.00 e. The van der Waals surface area contributed by atoms with Gasteiger partial charge in [-0.3, -0.25) is 0 Å². The zero-order valence-corrected chi connectivity index (χ0v) is 13.9. The number of hydrogen-bond acceptors (Lipinski definition) is 0. The van der Waals surface area contributed by atoms with E-state index in [-0.39, 0.29) is 31.7 Å². The van der Waals surface area contributed by atoms with Crippen molar-refractivity contribution < 1.29 is 30.7 Å². The molecule has 0 N–H and O–H groups in total. The minimum absolute atomic E-state index is 0. The van der Waals surface area contributed by atoms with Crippen molar-refractivity contribution in [3.8, 4) is 0 Å². The minimum atomic E-state index is 0. The van der Waals surface area contributed by atoms with E-state index in [1.54, 1.807) is 0 Å². The maximum absolute atomic E-state index is 2.36. The fourth-order valence-electron chi connectivity index (χ4n) is 2.58. The molecule has 0 aromatic heterocycles. The Morgan fingerprint density at radius 2 is 1.07 bits per heavy atom. The van der Waals surface area contributed by atoms with E-state index in [9.17, 15) is 0 Å². The summed E-state index contributed by atoms with van der Waals surface area (Å²) >= 11 is 0. The second-order valence-corrected chi connectivity index (χ2v) is 5.58. The summed E-state index contributed by atoms with van der Waals surface area (Å²) in [5.41, 5.74) is 6.21. The standard InChI is InChI=1S/C13H24N.Zr/c1-9-10(2)12(4)13(5,11(9)3)14(6,7)8;/h1-8H3;/q+1;+4. The average molecular weight is 286 g/mol. The van der Waals surface area contributed by atoms with Crippen LogP contribution >= 0.6 is 0 Å². The van der Waals surface area contributed by atoms with Crippen molar-refractivity contribution in [3.05, 3.63) is 22.3 Å². The second kappa shape index (κ2) is 4.30. The third kappa shape index (κ3) is 1.96. The fourth-order valence-corrected chi connectivity index (χ4v) is 2.58. The molecule has 1 nitrogen and oxygen atoms in total. The summed E-state index contributed by atoms with van der Waals surface area (Å²) in [7, 11) is 6.83. The van der Waals surface area contributed by atoms with Crippen LogP contribution in [0.15, 0.2) is 22.3 Å². The van der Waals surface area contributed by atoms with E-state index in [1.807, 2.05) is 0 Å². The molecular formula is C13H24NZr+5. The number of hydrogen-bond donors (Lipinski definition) is 0. The Kier molecular flexibility index (Phi) is 4.39. The molecule has 1 aliphatic rings. The van der Waals surface area contributed by atoms with Crippen molar-refractivity contribution in [2.45, 2.75) is 40.2 Å². The molecule has 0 atom stereocenters. The van der Waals surface area contributed by atoms with Gasteiger partial charge in [-0.2, -0.15) is 0 Å². The van der Waals surface area contributed by atoms with Gasteiger partial charge in [-0.15, -0.1) is 0 Å². The number of rotatable bonds is 1. The molecule has 0 unspecified atom stereocenters. The summed E-state index contributed by atoms with van der Waals surface area (Å²) in [6, 6.07) is 0. The van der Waals surface area contributed by atoms with Gasteiger partial charge in [0.25, 0.3) is 0 Å². The van der Waals surface area contributed by atoms with Crippen LogP contribution in [0.25, 0.3) is 0 Å². The SMILES string of the molecule is CC1=C(C)C(C)([N+](C)(C)C)C(C)=C1C.[Zr+4]. The van der Waals surface area contributed by atoms with Gasteiger partial charge in [0.05, 0.1) is 21.1 Å².